The highest BCUT2D eigenvalue weighted by Crippen LogP contribution is 2.26. The van der Waals surface area contributed by atoms with E-state index in [-0.39, 0.29) is 0 Å². The molecule has 0 bridgehead atoms. The molecule has 8 heteroatoms. The largest absolute Gasteiger partial charge is 0.488 e. The fourth-order valence-electron chi connectivity index (χ4n) is 1.01. The molecule has 94 valence electrons. The van der Waals surface area contributed by atoms with Crippen LogP contribution in [0, 0.1) is 21.7 Å². The highest BCUT2D eigenvalue weighted by molar-refractivity contribution is 5.39. The summed E-state index contributed by atoms with van der Waals surface area (Å²) in [6.45, 7) is -1.05. The number of nitrogens with zero attached hydrogens (tertiary/aromatic N) is 1. The molecule has 2 N–H and O–H groups in total. The van der Waals surface area contributed by atoms with E-state index in [0.29, 0.717) is 12.1 Å². The zero-order valence-corrected chi connectivity index (χ0v) is 8.47. The number of halogens is 2. The van der Waals surface area contributed by atoms with Gasteiger partial charge in [-0.3, -0.25) is 10.1 Å². The quantitative estimate of drug-likeness (QED) is 0.589. The summed E-state index contributed by atoms with van der Waals surface area (Å²) in [5.74, 6) is -2.94. The van der Waals surface area contributed by atoms with Gasteiger partial charge in [-0.15, -0.1) is 0 Å². The SMILES string of the molecule is O=[N+]([O-])c1cc(F)c(OCC(O)CO)cc1F. The van der Waals surface area contributed by atoms with Crippen molar-refractivity contribution in [3.8, 4) is 5.75 Å². The van der Waals surface area contributed by atoms with Gasteiger partial charge in [0.15, 0.2) is 11.6 Å². The standard InChI is InChI=1S/C9H9F2NO5/c10-6-2-9(17-4-5(14)3-13)7(11)1-8(6)12(15)16/h1-2,5,13-14H,3-4H2. The van der Waals surface area contributed by atoms with Gasteiger partial charge in [-0.25, -0.2) is 4.39 Å². The maximum absolute atomic E-state index is 13.2. The van der Waals surface area contributed by atoms with Gasteiger partial charge in [0.2, 0.25) is 5.82 Å². The number of hydrogen-bond acceptors (Lipinski definition) is 5. The lowest BCUT2D eigenvalue weighted by Crippen LogP contribution is -2.21. The number of aliphatic hydroxyl groups is 2. The van der Waals surface area contributed by atoms with E-state index >= 15 is 0 Å². The van der Waals surface area contributed by atoms with Gasteiger partial charge in [-0.1, -0.05) is 0 Å². The number of nitro benzene ring substituents is 1. The van der Waals surface area contributed by atoms with Crippen LogP contribution in [-0.4, -0.2) is 34.5 Å². The van der Waals surface area contributed by atoms with E-state index in [0.717, 1.165) is 0 Å². The Bertz CT molecular complexity index is 426. The van der Waals surface area contributed by atoms with Crippen molar-refractivity contribution in [1.29, 1.82) is 0 Å². The molecule has 6 nitrogen and oxygen atoms in total. The van der Waals surface area contributed by atoms with Crippen LogP contribution in [0.15, 0.2) is 12.1 Å². The van der Waals surface area contributed by atoms with Gasteiger partial charge in [0.25, 0.3) is 0 Å². The first-order valence-electron chi connectivity index (χ1n) is 4.51. The Labute approximate surface area is 94.2 Å². The molecule has 0 aliphatic carbocycles. The van der Waals surface area contributed by atoms with E-state index in [1.807, 2.05) is 0 Å². The van der Waals surface area contributed by atoms with Gasteiger partial charge < -0.3 is 14.9 Å². The molecule has 1 atom stereocenters. The Morgan fingerprint density at radius 1 is 1.41 bits per heavy atom. The summed E-state index contributed by atoms with van der Waals surface area (Å²) in [5, 5.41) is 27.7. The fourth-order valence-corrected chi connectivity index (χ4v) is 1.01. The minimum atomic E-state index is -1.25. The molecule has 0 aliphatic heterocycles. The van der Waals surface area contributed by atoms with Crippen molar-refractivity contribution in [2.24, 2.45) is 0 Å². The van der Waals surface area contributed by atoms with Crippen LogP contribution in [0.1, 0.15) is 0 Å². The number of ether oxygens (including phenoxy) is 1. The molecule has 1 unspecified atom stereocenters. The molecule has 17 heavy (non-hydrogen) atoms. The maximum atomic E-state index is 13.2. The van der Waals surface area contributed by atoms with Gasteiger partial charge in [-0.2, -0.15) is 4.39 Å². The summed E-state index contributed by atoms with van der Waals surface area (Å²) in [4.78, 5) is 9.22. The Balaban J connectivity index is 2.88. The summed E-state index contributed by atoms with van der Waals surface area (Å²) >= 11 is 0. The van der Waals surface area contributed by atoms with E-state index in [1.54, 1.807) is 0 Å². The number of benzene rings is 1. The smallest absolute Gasteiger partial charge is 0.307 e. The van der Waals surface area contributed by atoms with Gasteiger partial charge in [0.1, 0.15) is 12.7 Å². The average molecular weight is 249 g/mol. The predicted molar refractivity (Wildman–Crippen MR) is 51.6 cm³/mol. The first-order chi connectivity index (χ1) is 7.95. The molecule has 0 fully saturated rings. The van der Waals surface area contributed by atoms with Crippen molar-refractivity contribution in [3.63, 3.8) is 0 Å². The van der Waals surface area contributed by atoms with Gasteiger partial charge in [0, 0.05) is 6.07 Å². The van der Waals surface area contributed by atoms with E-state index < -0.39 is 47.3 Å². The van der Waals surface area contributed by atoms with Crippen molar-refractivity contribution in [3.05, 3.63) is 33.9 Å². The molecule has 0 amide bonds. The fraction of sp³-hybridized carbons (Fsp3) is 0.333. The van der Waals surface area contributed by atoms with Gasteiger partial charge in [-0.05, 0) is 0 Å². The van der Waals surface area contributed by atoms with Crippen LogP contribution in [-0.2, 0) is 0 Å². The predicted octanol–water partition coefficient (Wildman–Crippen LogP) is 0.605. The van der Waals surface area contributed by atoms with Crippen LogP contribution in [0.4, 0.5) is 14.5 Å². The number of hydrogen-bond donors (Lipinski definition) is 2. The molecule has 1 aromatic carbocycles. The summed E-state index contributed by atoms with van der Waals surface area (Å²) in [6, 6.07) is 0.896. The molecule has 0 heterocycles. The van der Waals surface area contributed by atoms with Crippen LogP contribution < -0.4 is 4.74 Å². The third-order valence-electron chi connectivity index (χ3n) is 1.84. The Morgan fingerprint density at radius 3 is 2.59 bits per heavy atom. The van der Waals surface area contributed by atoms with Gasteiger partial charge >= 0.3 is 5.69 Å². The summed E-state index contributed by atoms with van der Waals surface area (Å²) in [6.07, 6.45) is -1.24. The molecule has 0 radical (unpaired) electrons. The molecule has 0 saturated heterocycles. The number of rotatable bonds is 5. The molecule has 0 aliphatic rings. The zero-order chi connectivity index (χ0) is 13.0. The molecular weight excluding hydrogens is 240 g/mol. The van der Waals surface area contributed by atoms with Crippen LogP contribution in [0.3, 0.4) is 0 Å². The first-order valence-corrected chi connectivity index (χ1v) is 4.51. The van der Waals surface area contributed by atoms with Crippen molar-refractivity contribution in [1.82, 2.24) is 0 Å². The normalized spacial score (nSPS) is 12.2. The lowest BCUT2D eigenvalue weighted by Gasteiger charge is -2.10. The van der Waals surface area contributed by atoms with Crippen molar-refractivity contribution >= 4 is 5.69 Å². The third kappa shape index (κ3) is 3.33. The lowest BCUT2D eigenvalue weighted by molar-refractivity contribution is -0.387. The Kier molecular flexibility index (Phi) is 4.30. The minimum absolute atomic E-state index is 0.385. The number of aliphatic hydroxyl groups excluding tert-OH is 2. The van der Waals surface area contributed by atoms with Crippen LogP contribution in [0.25, 0.3) is 0 Å². The highest BCUT2D eigenvalue weighted by atomic mass is 19.1. The average Bonchev–Trinajstić information content (AvgIpc) is 2.28. The van der Waals surface area contributed by atoms with E-state index in [4.69, 9.17) is 10.2 Å². The van der Waals surface area contributed by atoms with E-state index in [9.17, 15) is 18.9 Å². The summed E-state index contributed by atoms with van der Waals surface area (Å²) in [5.41, 5.74) is -1.00. The molecule has 1 rings (SSSR count). The minimum Gasteiger partial charge on any atom is -0.488 e. The van der Waals surface area contributed by atoms with E-state index in [1.165, 1.54) is 0 Å². The second-order valence-electron chi connectivity index (χ2n) is 3.14. The second-order valence-corrected chi connectivity index (χ2v) is 3.14. The second kappa shape index (κ2) is 5.51. The van der Waals surface area contributed by atoms with Gasteiger partial charge in [0.05, 0.1) is 17.6 Å². The van der Waals surface area contributed by atoms with Crippen LogP contribution >= 0.6 is 0 Å². The lowest BCUT2D eigenvalue weighted by atomic mass is 10.3. The highest BCUT2D eigenvalue weighted by Gasteiger charge is 2.19. The monoisotopic (exact) mass is 249 g/mol. The van der Waals surface area contributed by atoms with Crippen LogP contribution in [0.5, 0.6) is 5.75 Å². The zero-order valence-electron chi connectivity index (χ0n) is 8.47. The summed E-state index contributed by atoms with van der Waals surface area (Å²) in [7, 11) is 0. The van der Waals surface area contributed by atoms with Crippen LogP contribution in [0.2, 0.25) is 0 Å². The molecule has 0 spiro atoms. The van der Waals surface area contributed by atoms with E-state index in [2.05, 4.69) is 4.74 Å². The topological polar surface area (TPSA) is 92.8 Å². The molecular formula is C9H9F2NO5. The van der Waals surface area contributed by atoms with Crippen molar-refractivity contribution < 1.29 is 28.7 Å². The molecule has 1 aromatic rings. The third-order valence-corrected chi connectivity index (χ3v) is 1.84. The Hall–Kier alpha value is -1.80. The Morgan fingerprint density at radius 2 is 2.06 bits per heavy atom. The van der Waals surface area contributed by atoms with Crippen molar-refractivity contribution in [2.45, 2.75) is 6.10 Å². The maximum Gasteiger partial charge on any atom is 0.307 e. The van der Waals surface area contributed by atoms with Crippen molar-refractivity contribution in [2.75, 3.05) is 13.2 Å². The molecule has 0 aromatic heterocycles. The first kappa shape index (κ1) is 13.3. The summed E-state index contributed by atoms with van der Waals surface area (Å²) < 4.78 is 30.9. The number of nitro groups is 1. The molecule has 0 saturated carbocycles.